The minimum Gasteiger partial charge on any atom is -0.483 e. The average molecular weight is 302 g/mol. The molecule has 0 atom stereocenters. The predicted octanol–water partition coefficient (Wildman–Crippen LogP) is 3.32. The van der Waals surface area contributed by atoms with Gasteiger partial charge in [-0.1, -0.05) is 18.2 Å². The van der Waals surface area contributed by atoms with E-state index in [1.165, 1.54) is 0 Å². The highest BCUT2D eigenvalue weighted by Crippen LogP contribution is 2.27. The van der Waals surface area contributed by atoms with Crippen LogP contribution in [0.4, 0.5) is 11.4 Å². The summed E-state index contributed by atoms with van der Waals surface area (Å²) in [6.07, 6.45) is 1.97. The van der Waals surface area contributed by atoms with E-state index < -0.39 is 0 Å². The number of ether oxygens (including phenoxy) is 1. The highest BCUT2D eigenvalue weighted by Gasteiger charge is 2.08. The number of rotatable bonds is 5. The number of nitrogen functional groups attached to an aromatic ring is 1. The van der Waals surface area contributed by atoms with Gasteiger partial charge in [0.25, 0.3) is 5.91 Å². The van der Waals surface area contributed by atoms with Crippen LogP contribution in [0.25, 0.3) is 0 Å². The average Bonchev–Trinajstić information content (AvgIpc) is 2.50. The number of anilines is 2. The van der Waals surface area contributed by atoms with Crippen molar-refractivity contribution < 1.29 is 9.53 Å². The number of thioether (sulfide) groups is 1. The number of hydrogen-bond donors (Lipinski definition) is 2. The van der Waals surface area contributed by atoms with Gasteiger partial charge in [-0.05, 0) is 43.0 Å². The molecule has 1 amide bonds. The van der Waals surface area contributed by atoms with E-state index in [1.54, 1.807) is 17.8 Å². The van der Waals surface area contributed by atoms with Crippen LogP contribution in [0, 0.1) is 6.92 Å². The second kappa shape index (κ2) is 7.04. The molecule has 2 rings (SSSR count). The zero-order valence-electron chi connectivity index (χ0n) is 12.1. The highest BCUT2D eigenvalue weighted by molar-refractivity contribution is 7.98. The van der Waals surface area contributed by atoms with E-state index in [0.29, 0.717) is 17.1 Å². The summed E-state index contributed by atoms with van der Waals surface area (Å²) >= 11 is 1.58. The Morgan fingerprint density at radius 3 is 2.76 bits per heavy atom. The maximum atomic E-state index is 12.0. The first-order valence-electron chi connectivity index (χ1n) is 6.52. The first-order valence-corrected chi connectivity index (χ1v) is 7.75. The monoisotopic (exact) mass is 302 g/mol. The molecule has 3 N–H and O–H groups in total. The third kappa shape index (κ3) is 3.92. The molecular weight excluding hydrogens is 284 g/mol. The van der Waals surface area contributed by atoms with E-state index >= 15 is 0 Å². The van der Waals surface area contributed by atoms with Crippen molar-refractivity contribution in [3.8, 4) is 5.75 Å². The molecule has 0 saturated carbocycles. The molecule has 0 aliphatic rings. The molecular formula is C16H18N2O2S. The SMILES string of the molecule is CSc1ccccc1OCC(=O)Nc1cccc(N)c1C. The van der Waals surface area contributed by atoms with Gasteiger partial charge in [0.15, 0.2) is 6.61 Å². The van der Waals surface area contributed by atoms with Crippen LogP contribution in [0.3, 0.4) is 0 Å². The van der Waals surface area contributed by atoms with Gasteiger partial charge in [0.1, 0.15) is 5.75 Å². The number of hydrogen-bond acceptors (Lipinski definition) is 4. The van der Waals surface area contributed by atoms with Crippen LogP contribution in [0.15, 0.2) is 47.4 Å². The molecule has 4 nitrogen and oxygen atoms in total. The summed E-state index contributed by atoms with van der Waals surface area (Å²) in [4.78, 5) is 13.0. The van der Waals surface area contributed by atoms with Gasteiger partial charge < -0.3 is 15.8 Å². The minimum atomic E-state index is -0.209. The summed E-state index contributed by atoms with van der Waals surface area (Å²) in [5.41, 5.74) is 8.03. The first-order chi connectivity index (χ1) is 10.1. The fourth-order valence-electron chi connectivity index (χ4n) is 1.86. The van der Waals surface area contributed by atoms with Crippen molar-refractivity contribution in [1.82, 2.24) is 0 Å². The Hall–Kier alpha value is -2.14. The maximum Gasteiger partial charge on any atom is 0.262 e. The number of benzene rings is 2. The molecule has 0 heterocycles. The van der Waals surface area contributed by atoms with Crippen molar-refractivity contribution >= 4 is 29.0 Å². The summed E-state index contributed by atoms with van der Waals surface area (Å²) in [5, 5.41) is 2.81. The fraction of sp³-hybridized carbons (Fsp3) is 0.188. The van der Waals surface area contributed by atoms with Crippen LogP contribution < -0.4 is 15.8 Å². The minimum absolute atomic E-state index is 0.0359. The van der Waals surface area contributed by atoms with E-state index in [1.807, 2.05) is 49.6 Å². The van der Waals surface area contributed by atoms with Gasteiger partial charge in [-0.15, -0.1) is 11.8 Å². The van der Waals surface area contributed by atoms with Crippen molar-refractivity contribution in [3.63, 3.8) is 0 Å². The second-order valence-corrected chi connectivity index (χ2v) is 5.36. The normalized spacial score (nSPS) is 10.2. The molecule has 0 saturated heterocycles. The zero-order valence-corrected chi connectivity index (χ0v) is 12.9. The smallest absolute Gasteiger partial charge is 0.262 e. The molecule has 0 spiro atoms. The lowest BCUT2D eigenvalue weighted by Gasteiger charge is -2.12. The van der Waals surface area contributed by atoms with Gasteiger partial charge in [0.05, 0.1) is 0 Å². The van der Waals surface area contributed by atoms with Crippen molar-refractivity contribution in [3.05, 3.63) is 48.0 Å². The molecule has 0 aliphatic carbocycles. The Bertz CT molecular complexity index is 644. The molecule has 0 aliphatic heterocycles. The van der Waals surface area contributed by atoms with Crippen molar-refractivity contribution in [2.45, 2.75) is 11.8 Å². The molecule has 21 heavy (non-hydrogen) atoms. The van der Waals surface area contributed by atoms with Crippen LogP contribution in [0.5, 0.6) is 5.75 Å². The van der Waals surface area contributed by atoms with Gasteiger partial charge in [-0.25, -0.2) is 0 Å². The lowest BCUT2D eigenvalue weighted by atomic mass is 10.1. The Morgan fingerprint density at radius 2 is 2.00 bits per heavy atom. The van der Waals surface area contributed by atoms with Gasteiger partial charge >= 0.3 is 0 Å². The lowest BCUT2D eigenvalue weighted by molar-refractivity contribution is -0.118. The maximum absolute atomic E-state index is 12.0. The number of amides is 1. The Balaban J connectivity index is 1.98. The molecule has 0 unspecified atom stereocenters. The lowest BCUT2D eigenvalue weighted by Crippen LogP contribution is -2.21. The number of para-hydroxylation sites is 1. The summed E-state index contributed by atoms with van der Waals surface area (Å²) in [5.74, 6) is 0.504. The summed E-state index contributed by atoms with van der Waals surface area (Å²) in [6.45, 7) is 1.83. The van der Waals surface area contributed by atoms with Gasteiger partial charge in [0, 0.05) is 16.3 Å². The van der Waals surface area contributed by atoms with E-state index in [9.17, 15) is 4.79 Å². The van der Waals surface area contributed by atoms with Crippen LogP contribution in [-0.4, -0.2) is 18.8 Å². The molecule has 0 aromatic heterocycles. The van der Waals surface area contributed by atoms with Gasteiger partial charge in [0.2, 0.25) is 0 Å². The topological polar surface area (TPSA) is 64.3 Å². The van der Waals surface area contributed by atoms with E-state index in [2.05, 4.69) is 5.32 Å². The van der Waals surface area contributed by atoms with Crippen LogP contribution in [0.1, 0.15) is 5.56 Å². The fourth-order valence-corrected chi connectivity index (χ4v) is 2.40. The predicted molar refractivity (Wildman–Crippen MR) is 87.9 cm³/mol. The standard InChI is InChI=1S/C16H18N2O2S/c1-11-12(17)6-5-7-13(11)18-16(19)10-20-14-8-3-4-9-15(14)21-2/h3-9H,10,17H2,1-2H3,(H,18,19). The number of carbonyl (C=O) groups excluding carboxylic acids is 1. The van der Waals surface area contributed by atoms with Crippen molar-refractivity contribution in [2.75, 3.05) is 23.9 Å². The molecule has 0 fully saturated rings. The van der Waals surface area contributed by atoms with E-state index in [4.69, 9.17) is 10.5 Å². The molecule has 110 valence electrons. The molecule has 0 radical (unpaired) electrons. The largest absolute Gasteiger partial charge is 0.483 e. The second-order valence-electron chi connectivity index (χ2n) is 4.51. The third-order valence-corrected chi connectivity index (χ3v) is 3.85. The number of carbonyl (C=O) groups is 1. The van der Waals surface area contributed by atoms with E-state index in [-0.39, 0.29) is 12.5 Å². The van der Waals surface area contributed by atoms with Crippen LogP contribution >= 0.6 is 11.8 Å². The Morgan fingerprint density at radius 1 is 1.24 bits per heavy atom. The summed E-state index contributed by atoms with van der Waals surface area (Å²) < 4.78 is 5.57. The van der Waals surface area contributed by atoms with Gasteiger partial charge in [-0.3, -0.25) is 4.79 Å². The van der Waals surface area contributed by atoms with Gasteiger partial charge in [-0.2, -0.15) is 0 Å². The summed E-state index contributed by atoms with van der Waals surface area (Å²) in [7, 11) is 0. The highest BCUT2D eigenvalue weighted by atomic mass is 32.2. The molecule has 5 heteroatoms. The molecule has 2 aromatic rings. The number of nitrogens with one attached hydrogen (secondary N) is 1. The Labute approximate surface area is 128 Å². The van der Waals surface area contributed by atoms with E-state index in [0.717, 1.165) is 10.5 Å². The summed E-state index contributed by atoms with van der Waals surface area (Å²) in [6, 6.07) is 13.1. The van der Waals surface area contributed by atoms with Crippen LogP contribution in [-0.2, 0) is 4.79 Å². The van der Waals surface area contributed by atoms with Crippen molar-refractivity contribution in [2.24, 2.45) is 0 Å². The van der Waals surface area contributed by atoms with Crippen LogP contribution in [0.2, 0.25) is 0 Å². The first kappa shape index (κ1) is 15.3. The Kier molecular flexibility index (Phi) is 5.11. The third-order valence-electron chi connectivity index (χ3n) is 3.08. The van der Waals surface area contributed by atoms with Crippen molar-refractivity contribution in [1.29, 1.82) is 0 Å². The molecule has 2 aromatic carbocycles. The quantitative estimate of drug-likeness (QED) is 0.657. The molecule has 0 bridgehead atoms. The zero-order chi connectivity index (χ0) is 15.2. The number of nitrogens with two attached hydrogens (primary N) is 1.